The number of carbonyl (C=O) groups is 1. The Morgan fingerprint density at radius 3 is 2.75 bits per heavy atom. The number of ketones is 1. The van der Waals surface area contributed by atoms with E-state index in [-0.39, 0.29) is 5.78 Å². The van der Waals surface area contributed by atoms with E-state index in [0.717, 1.165) is 16.9 Å². The number of nitriles is 1. The van der Waals surface area contributed by atoms with Crippen molar-refractivity contribution in [2.45, 2.75) is 20.3 Å². The molecule has 3 heteroatoms. The van der Waals surface area contributed by atoms with Crippen LogP contribution >= 0.6 is 11.8 Å². The zero-order valence-corrected chi connectivity index (χ0v) is 10.4. The fourth-order valence-corrected chi connectivity index (χ4v) is 2.01. The fraction of sp³-hybridized carbons (Fsp3) is 0.385. The second-order valence-corrected chi connectivity index (χ2v) is 4.79. The predicted molar refractivity (Wildman–Crippen MR) is 67.8 cm³/mol. The molecule has 0 unspecified atom stereocenters. The lowest BCUT2D eigenvalue weighted by molar-refractivity contribution is 0.102. The van der Waals surface area contributed by atoms with E-state index >= 15 is 0 Å². The van der Waals surface area contributed by atoms with Gasteiger partial charge in [-0.15, -0.1) is 0 Å². The molecular weight excluding hydrogens is 218 g/mol. The molecule has 0 saturated carbocycles. The molecule has 0 spiro atoms. The molecule has 0 aromatic heterocycles. The average molecular weight is 233 g/mol. The van der Waals surface area contributed by atoms with Crippen molar-refractivity contribution in [3.63, 3.8) is 0 Å². The first kappa shape index (κ1) is 12.8. The first-order chi connectivity index (χ1) is 7.65. The van der Waals surface area contributed by atoms with Gasteiger partial charge in [0.2, 0.25) is 0 Å². The molecular formula is C13H15NOS. The monoisotopic (exact) mass is 233 g/mol. The van der Waals surface area contributed by atoms with E-state index in [0.29, 0.717) is 12.2 Å². The maximum Gasteiger partial charge on any atom is 0.172 e. The molecule has 0 heterocycles. The fourth-order valence-electron chi connectivity index (χ4n) is 1.28. The molecule has 1 rings (SSSR count). The van der Waals surface area contributed by atoms with Crippen LogP contribution in [0.2, 0.25) is 0 Å². The Morgan fingerprint density at radius 1 is 1.38 bits per heavy atom. The summed E-state index contributed by atoms with van der Waals surface area (Å²) in [6, 6.07) is 7.84. The van der Waals surface area contributed by atoms with Crippen LogP contribution in [0.4, 0.5) is 0 Å². The zero-order chi connectivity index (χ0) is 12.0. The van der Waals surface area contributed by atoms with E-state index in [9.17, 15) is 4.79 Å². The highest BCUT2D eigenvalue weighted by atomic mass is 32.2. The van der Waals surface area contributed by atoms with Gasteiger partial charge in [-0.05, 0) is 31.0 Å². The summed E-state index contributed by atoms with van der Waals surface area (Å²) >= 11 is 1.52. The van der Waals surface area contributed by atoms with E-state index in [1.54, 1.807) is 0 Å². The second kappa shape index (κ2) is 6.34. The van der Waals surface area contributed by atoms with Crippen molar-refractivity contribution in [3.8, 4) is 6.07 Å². The summed E-state index contributed by atoms with van der Waals surface area (Å²) in [5.74, 6) is 1.34. The van der Waals surface area contributed by atoms with E-state index in [1.165, 1.54) is 17.3 Å². The summed E-state index contributed by atoms with van der Waals surface area (Å²) in [7, 11) is 0. The lowest BCUT2D eigenvalue weighted by Crippen LogP contribution is -2.03. The van der Waals surface area contributed by atoms with Crippen LogP contribution in [0.3, 0.4) is 0 Å². The molecule has 0 atom stereocenters. The molecule has 0 saturated heterocycles. The molecule has 0 fully saturated rings. The smallest absolute Gasteiger partial charge is 0.172 e. The van der Waals surface area contributed by atoms with Crippen LogP contribution in [0.25, 0.3) is 0 Å². The van der Waals surface area contributed by atoms with E-state index in [2.05, 4.69) is 6.07 Å². The van der Waals surface area contributed by atoms with Gasteiger partial charge < -0.3 is 0 Å². The summed E-state index contributed by atoms with van der Waals surface area (Å²) in [6.07, 6.45) is 0.505. The van der Waals surface area contributed by atoms with Gasteiger partial charge in [0, 0.05) is 17.7 Å². The largest absolute Gasteiger partial charge is 0.293 e. The lowest BCUT2D eigenvalue weighted by Gasteiger charge is -2.04. The maximum absolute atomic E-state index is 11.8. The Balaban J connectivity index is 2.53. The second-order valence-electron chi connectivity index (χ2n) is 3.68. The molecule has 1 aromatic carbocycles. The number of hydrogen-bond donors (Lipinski definition) is 0. The summed E-state index contributed by atoms with van der Waals surface area (Å²) in [5, 5.41) is 8.37. The topological polar surface area (TPSA) is 40.9 Å². The van der Waals surface area contributed by atoms with Crippen LogP contribution in [0.15, 0.2) is 18.2 Å². The summed E-state index contributed by atoms with van der Waals surface area (Å²) < 4.78 is 0. The Morgan fingerprint density at radius 2 is 2.12 bits per heavy atom. The normalized spacial score (nSPS) is 9.81. The molecule has 0 amide bonds. The Labute approximate surface area is 101 Å². The van der Waals surface area contributed by atoms with Crippen LogP contribution in [-0.4, -0.2) is 17.3 Å². The van der Waals surface area contributed by atoms with Crippen molar-refractivity contribution < 1.29 is 4.79 Å². The molecule has 16 heavy (non-hydrogen) atoms. The minimum atomic E-state index is 0.144. The Hall–Kier alpha value is -1.27. The molecule has 0 aliphatic rings. The predicted octanol–water partition coefficient (Wildman–Crippen LogP) is 3.13. The van der Waals surface area contributed by atoms with Crippen molar-refractivity contribution in [2.24, 2.45) is 0 Å². The van der Waals surface area contributed by atoms with E-state index in [1.807, 2.05) is 32.0 Å². The number of aryl methyl sites for hydroxylation is 2. The van der Waals surface area contributed by atoms with Crippen molar-refractivity contribution in [1.82, 2.24) is 0 Å². The highest BCUT2D eigenvalue weighted by Gasteiger charge is 2.06. The number of rotatable bonds is 5. The summed E-state index contributed by atoms with van der Waals surface area (Å²) in [5.41, 5.74) is 3.12. The first-order valence-corrected chi connectivity index (χ1v) is 6.35. The standard InChI is InChI=1S/C13H15NOS/c1-10-4-5-12(8-11(10)2)13(15)9-16-7-3-6-14/h4-5,8H,3,7,9H2,1-2H3. The van der Waals surface area contributed by atoms with Crippen molar-refractivity contribution in [2.75, 3.05) is 11.5 Å². The van der Waals surface area contributed by atoms with Gasteiger partial charge in [0.25, 0.3) is 0 Å². The number of Topliss-reactive ketones (excluding diaryl/α,β-unsaturated/α-hetero) is 1. The van der Waals surface area contributed by atoms with Crippen molar-refractivity contribution in [3.05, 3.63) is 34.9 Å². The summed E-state index contributed by atoms with van der Waals surface area (Å²) in [4.78, 5) is 11.8. The van der Waals surface area contributed by atoms with Crippen molar-refractivity contribution >= 4 is 17.5 Å². The highest BCUT2D eigenvalue weighted by molar-refractivity contribution is 7.99. The molecule has 1 aromatic rings. The zero-order valence-electron chi connectivity index (χ0n) is 9.62. The third kappa shape index (κ3) is 3.71. The highest BCUT2D eigenvalue weighted by Crippen LogP contribution is 2.13. The average Bonchev–Trinajstić information content (AvgIpc) is 2.28. The maximum atomic E-state index is 11.8. The van der Waals surface area contributed by atoms with Crippen LogP contribution < -0.4 is 0 Å². The third-order valence-corrected chi connectivity index (χ3v) is 3.38. The quantitative estimate of drug-likeness (QED) is 0.579. The number of nitrogens with zero attached hydrogens (tertiary/aromatic N) is 1. The molecule has 0 aliphatic carbocycles. The molecule has 2 nitrogen and oxygen atoms in total. The van der Waals surface area contributed by atoms with Gasteiger partial charge in [-0.25, -0.2) is 0 Å². The number of thioether (sulfide) groups is 1. The van der Waals surface area contributed by atoms with Gasteiger partial charge in [-0.1, -0.05) is 12.1 Å². The van der Waals surface area contributed by atoms with Crippen LogP contribution in [-0.2, 0) is 0 Å². The van der Waals surface area contributed by atoms with Gasteiger partial charge in [-0.3, -0.25) is 4.79 Å². The minimum absolute atomic E-state index is 0.144. The van der Waals surface area contributed by atoms with E-state index < -0.39 is 0 Å². The number of benzene rings is 1. The van der Waals surface area contributed by atoms with E-state index in [4.69, 9.17) is 5.26 Å². The Bertz CT molecular complexity index is 420. The lowest BCUT2D eigenvalue weighted by atomic mass is 10.0. The number of carbonyl (C=O) groups excluding carboxylic acids is 1. The minimum Gasteiger partial charge on any atom is -0.293 e. The van der Waals surface area contributed by atoms with Crippen molar-refractivity contribution in [1.29, 1.82) is 5.26 Å². The van der Waals surface area contributed by atoms with Gasteiger partial charge >= 0.3 is 0 Å². The van der Waals surface area contributed by atoms with Crippen LogP contribution in [0, 0.1) is 25.2 Å². The molecule has 0 radical (unpaired) electrons. The van der Waals surface area contributed by atoms with Gasteiger partial charge in [0.1, 0.15) is 0 Å². The molecule has 0 bridgehead atoms. The summed E-state index contributed by atoms with van der Waals surface area (Å²) in [6.45, 7) is 4.04. The van der Waals surface area contributed by atoms with Gasteiger partial charge in [0.05, 0.1) is 11.8 Å². The van der Waals surface area contributed by atoms with Crippen LogP contribution in [0.5, 0.6) is 0 Å². The molecule has 84 valence electrons. The van der Waals surface area contributed by atoms with Crippen LogP contribution in [0.1, 0.15) is 27.9 Å². The van der Waals surface area contributed by atoms with Gasteiger partial charge in [-0.2, -0.15) is 17.0 Å². The first-order valence-electron chi connectivity index (χ1n) is 5.20. The van der Waals surface area contributed by atoms with Gasteiger partial charge in [0.15, 0.2) is 5.78 Å². The molecule has 0 aliphatic heterocycles. The SMILES string of the molecule is Cc1ccc(C(=O)CSCCC#N)cc1C. The Kier molecular flexibility index (Phi) is 5.07. The molecule has 0 N–H and O–H groups in total. The number of hydrogen-bond acceptors (Lipinski definition) is 3. The third-order valence-electron chi connectivity index (χ3n) is 2.42.